The van der Waals surface area contributed by atoms with Crippen LogP contribution in [0.4, 0.5) is 4.79 Å². The van der Waals surface area contributed by atoms with Crippen molar-refractivity contribution in [2.75, 3.05) is 26.2 Å². The summed E-state index contributed by atoms with van der Waals surface area (Å²) in [7, 11) is 0. The molecular formula is C13H24N2O3. The molecule has 1 amide bonds. The van der Waals surface area contributed by atoms with E-state index in [1.54, 1.807) is 0 Å². The number of nitrogens with one attached hydrogen (secondary N) is 1. The number of nitrogens with zero attached hydrogens (tertiary/aromatic N) is 1. The van der Waals surface area contributed by atoms with Crippen LogP contribution in [0.1, 0.15) is 33.6 Å². The van der Waals surface area contributed by atoms with Gasteiger partial charge in [-0.1, -0.05) is 20.8 Å². The summed E-state index contributed by atoms with van der Waals surface area (Å²) in [5, 5.41) is 12.6. The van der Waals surface area contributed by atoms with Gasteiger partial charge in [0.25, 0.3) is 0 Å². The van der Waals surface area contributed by atoms with Crippen molar-refractivity contribution in [3.8, 4) is 0 Å². The molecule has 1 unspecified atom stereocenters. The Hall–Kier alpha value is -0.810. The number of hydrogen-bond acceptors (Lipinski definition) is 3. The number of carbonyl (C=O) groups is 1. The first-order valence-electron chi connectivity index (χ1n) is 6.69. The molecule has 1 spiro atoms. The maximum atomic E-state index is 11.3. The lowest BCUT2D eigenvalue weighted by atomic mass is 9.83. The van der Waals surface area contributed by atoms with E-state index in [-0.39, 0.29) is 17.1 Å². The van der Waals surface area contributed by atoms with Crippen molar-refractivity contribution in [1.82, 2.24) is 10.2 Å². The molecule has 2 aliphatic rings. The third-order valence-electron chi connectivity index (χ3n) is 4.01. The summed E-state index contributed by atoms with van der Waals surface area (Å²) >= 11 is 0. The summed E-state index contributed by atoms with van der Waals surface area (Å²) in [5.74, 6) is 0. The summed E-state index contributed by atoms with van der Waals surface area (Å²) in [6, 6.07) is 0. The third kappa shape index (κ3) is 2.78. The first-order chi connectivity index (χ1) is 8.32. The molecule has 104 valence electrons. The van der Waals surface area contributed by atoms with Crippen LogP contribution in [0.15, 0.2) is 0 Å². The molecule has 5 heteroatoms. The van der Waals surface area contributed by atoms with E-state index in [1.807, 2.05) is 0 Å². The van der Waals surface area contributed by atoms with E-state index in [4.69, 9.17) is 4.74 Å². The van der Waals surface area contributed by atoms with Crippen LogP contribution in [-0.2, 0) is 4.74 Å². The van der Waals surface area contributed by atoms with Gasteiger partial charge >= 0.3 is 6.09 Å². The molecule has 0 aromatic rings. The first-order valence-corrected chi connectivity index (χ1v) is 6.69. The normalized spacial score (nSPS) is 28.4. The summed E-state index contributed by atoms with van der Waals surface area (Å²) in [5.41, 5.74) is -0.314. The van der Waals surface area contributed by atoms with Crippen molar-refractivity contribution in [2.24, 2.45) is 5.41 Å². The van der Waals surface area contributed by atoms with Gasteiger partial charge in [-0.3, -0.25) is 0 Å². The van der Waals surface area contributed by atoms with Crippen LogP contribution in [0.5, 0.6) is 0 Å². The van der Waals surface area contributed by atoms with Crippen molar-refractivity contribution >= 4 is 6.09 Å². The summed E-state index contributed by atoms with van der Waals surface area (Å²) < 4.78 is 6.31. The Labute approximate surface area is 108 Å². The van der Waals surface area contributed by atoms with Crippen LogP contribution in [0, 0.1) is 5.41 Å². The van der Waals surface area contributed by atoms with Crippen molar-refractivity contribution in [3.63, 3.8) is 0 Å². The quantitative estimate of drug-likeness (QED) is 0.690. The van der Waals surface area contributed by atoms with E-state index < -0.39 is 6.09 Å². The summed E-state index contributed by atoms with van der Waals surface area (Å²) in [4.78, 5) is 12.8. The maximum absolute atomic E-state index is 11.3. The molecule has 2 heterocycles. The van der Waals surface area contributed by atoms with Gasteiger partial charge in [-0.15, -0.1) is 0 Å². The minimum atomic E-state index is -0.828. The van der Waals surface area contributed by atoms with E-state index in [0.29, 0.717) is 13.1 Å². The van der Waals surface area contributed by atoms with Crippen molar-refractivity contribution in [1.29, 1.82) is 0 Å². The second-order valence-electron chi connectivity index (χ2n) is 6.57. The molecule has 18 heavy (non-hydrogen) atoms. The number of carboxylic acid groups (broad SMARTS) is 1. The minimum absolute atomic E-state index is 0.0274. The predicted molar refractivity (Wildman–Crippen MR) is 68.8 cm³/mol. The molecular weight excluding hydrogens is 232 g/mol. The van der Waals surface area contributed by atoms with Gasteiger partial charge in [-0.05, 0) is 31.3 Å². The van der Waals surface area contributed by atoms with Gasteiger partial charge < -0.3 is 20.1 Å². The topological polar surface area (TPSA) is 61.8 Å². The number of hydrogen-bond donors (Lipinski definition) is 2. The molecule has 0 bridgehead atoms. The standard InChI is InChI=1S/C13H24N2O3/c1-12(2,3)10-8-15(11(16)17)9-13(18-10)4-6-14-7-5-13/h10,14H,4-9H2,1-3H3,(H,16,17). The van der Waals surface area contributed by atoms with Crippen LogP contribution in [0.25, 0.3) is 0 Å². The molecule has 0 aliphatic carbocycles. The summed E-state index contributed by atoms with van der Waals surface area (Å²) in [6.45, 7) is 9.13. The number of morpholine rings is 1. The molecule has 2 N–H and O–H groups in total. The molecule has 0 aromatic heterocycles. The van der Waals surface area contributed by atoms with Gasteiger partial charge in [0.2, 0.25) is 0 Å². The van der Waals surface area contributed by atoms with Crippen LogP contribution in [0.2, 0.25) is 0 Å². The van der Waals surface area contributed by atoms with Gasteiger partial charge in [0, 0.05) is 0 Å². The molecule has 0 saturated carbocycles. The second-order valence-corrected chi connectivity index (χ2v) is 6.57. The van der Waals surface area contributed by atoms with Gasteiger partial charge in [0.05, 0.1) is 24.8 Å². The van der Waals surface area contributed by atoms with E-state index in [9.17, 15) is 9.90 Å². The highest BCUT2D eigenvalue weighted by Crippen LogP contribution is 2.36. The lowest BCUT2D eigenvalue weighted by molar-refractivity contribution is -0.188. The molecule has 5 nitrogen and oxygen atoms in total. The Kier molecular flexibility index (Phi) is 3.56. The van der Waals surface area contributed by atoms with Crippen LogP contribution >= 0.6 is 0 Å². The highest BCUT2D eigenvalue weighted by molar-refractivity contribution is 5.65. The molecule has 2 aliphatic heterocycles. The Balaban J connectivity index is 2.18. The van der Waals surface area contributed by atoms with Crippen molar-refractivity contribution in [3.05, 3.63) is 0 Å². The number of piperidine rings is 1. The zero-order valence-electron chi connectivity index (χ0n) is 11.5. The molecule has 0 aromatic carbocycles. The lowest BCUT2D eigenvalue weighted by Gasteiger charge is -2.50. The van der Waals surface area contributed by atoms with Crippen LogP contribution in [0.3, 0.4) is 0 Å². The zero-order chi connectivity index (χ0) is 13.4. The zero-order valence-corrected chi connectivity index (χ0v) is 11.5. The fourth-order valence-electron chi connectivity index (χ4n) is 2.74. The largest absolute Gasteiger partial charge is 0.465 e. The number of rotatable bonds is 0. The third-order valence-corrected chi connectivity index (χ3v) is 4.01. The molecule has 0 radical (unpaired) electrons. The second kappa shape index (κ2) is 4.70. The monoisotopic (exact) mass is 256 g/mol. The summed E-state index contributed by atoms with van der Waals surface area (Å²) in [6.07, 6.45) is 0.929. The Morgan fingerprint density at radius 2 is 2.00 bits per heavy atom. The number of ether oxygens (including phenoxy) is 1. The van der Waals surface area contributed by atoms with Gasteiger partial charge in [-0.25, -0.2) is 4.79 Å². The van der Waals surface area contributed by atoms with Crippen molar-refractivity contribution < 1.29 is 14.6 Å². The lowest BCUT2D eigenvalue weighted by Crippen LogP contribution is -2.62. The number of amides is 1. The van der Waals surface area contributed by atoms with Gasteiger partial charge in [-0.2, -0.15) is 0 Å². The average Bonchev–Trinajstić information content (AvgIpc) is 2.28. The Morgan fingerprint density at radius 1 is 1.39 bits per heavy atom. The smallest absolute Gasteiger partial charge is 0.407 e. The van der Waals surface area contributed by atoms with Gasteiger partial charge in [0.15, 0.2) is 0 Å². The fraction of sp³-hybridized carbons (Fsp3) is 0.923. The molecule has 1 atom stereocenters. The van der Waals surface area contributed by atoms with E-state index in [1.165, 1.54) is 4.90 Å². The SMILES string of the molecule is CC(C)(C)C1CN(C(=O)O)CC2(CCNCC2)O1. The fourth-order valence-corrected chi connectivity index (χ4v) is 2.74. The minimum Gasteiger partial charge on any atom is -0.465 e. The van der Waals surface area contributed by atoms with Crippen molar-refractivity contribution in [2.45, 2.75) is 45.3 Å². The molecule has 2 saturated heterocycles. The van der Waals surface area contributed by atoms with E-state index >= 15 is 0 Å². The average molecular weight is 256 g/mol. The Bertz CT molecular complexity index is 319. The van der Waals surface area contributed by atoms with Gasteiger partial charge in [0.1, 0.15) is 0 Å². The molecule has 2 rings (SSSR count). The molecule has 2 fully saturated rings. The van der Waals surface area contributed by atoms with E-state index in [0.717, 1.165) is 25.9 Å². The van der Waals surface area contributed by atoms with E-state index in [2.05, 4.69) is 26.1 Å². The van der Waals surface area contributed by atoms with Crippen LogP contribution in [-0.4, -0.2) is 54.0 Å². The Morgan fingerprint density at radius 3 is 2.50 bits per heavy atom. The maximum Gasteiger partial charge on any atom is 0.407 e. The van der Waals surface area contributed by atoms with Crippen LogP contribution < -0.4 is 5.32 Å². The highest BCUT2D eigenvalue weighted by atomic mass is 16.5. The highest BCUT2D eigenvalue weighted by Gasteiger charge is 2.46. The first kappa shape index (κ1) is 13.6. The predicted octanol–water partition coefficient (Wildman–Crippen LogP) is 1.53.